The number of carbonyl (C=O) groups is 1. The van der Waals surface area contributed by atoms with Crippen LogP contribution in [0.5, 0.6) is 5.75 Å². The van der Waals surface area contributed by atoms with Crippen LogP contribution in [0.4, 0.5) is 14.5 Å². The molecular formula is C14H16F2N2O2. The first-order chi connectivity index (χ1) is 9.61. The zero-order valence-electron chi connectivity index (χ0n) is 10.8. The summed E-state index contributed by atoms with van der Waals surface area (Å²) in [6, 6.07) is 6.72. The molecule has 2 aliphatic heterocycles. The topological polar surface area (TPSA) is 50.4 Å². The highest BCUT2D eigenvalue weighted by Gasteiger charge is 2.42. The van der Waals surface area contributed by atoms with Gasteiger partial charge in [0.15, 0.2) is 0 Å². The first-order valence-electron chi connectivity index (χ1n) is 6.73. The van der Waals surface area contributed by atoms with Crippen LogP contribution >= 0.6 is 0 Å². The molecule has 3 rings (SSSR count). The molecule has 0 radical (unpaired) electrons. The lowest BCUT2D eigenvalue weighted by molar-refractivity contribution is -0.120. The van der Waals surface area contributed by atoms with Gasteiger partial charge in [-0.1, -0.05) is 0 Å². The van der Waals surface area contributed by atoms with Crippen molar-refractivity contribution in [3.63, 3.8) is 0 Å². The molecule has 3 unspecified atom stereocenters. The largest absolute Gasteiger partial charge is 0.435 e. The van der Waals surface area contributed by atoms with Crippen LogP contribution in [0.3, 0.4) is 0 Å². The van der Waals surface area contributed by atoms with E-state index in [1.807, 2.05) is 0 Å². The second kappa shape index (κ2) is 5.36. The van der Waals surface area contributed by atoms with E-state index in [9.17, 15) is 13.6 Å². The van der Waals surface area contributed by atoms with Crippen LogP contribution < -0.4 is 15.4 Å². The molecule has 2 saturated heterocycles. The third-order valence-electron chi connectivity index (χ3n) is 3.98. The van der Waals surface area contributed by atoms with Crippen LogP contribution in [0, 0.1) is 5.92 Å². The number of ether oxygens (including phenoxy) is 1. The average molecular weight is 282 g/mol. The van der Waals surface area contributed by atoms with Crippen molar-refractivity contribution in [1.82, 2.24) is 5.32 Å². The van der Waals surface area contributed by atoms with Gasteiger partial charge in [-0.3, -0.25) is 4.79 Å². The molecule has 2 fully saturated rings. The second-order valence-electron chi connectivity index (χ2n) is 5.28. The molecule has 1 aromatic carbocycles. The van der Waals surface area contributed by atoms with Gasteiger partial charge in [-0.15, -0.1) is 0 Å². The van der Waals surface area contributed by atoms with Gasteiger partial charge in [0, 0.05) is 17.8 Å². The zero-order valence-corrected chi connectivity index (χ0v) is 10.8. The SMILES string of the molecule is O=C(Nc1ccc(OC(F)F)cc1)C1CC2CCC1N2. The number of fused-ring (bicyclic) bond motifs is 2. The Bertz CT molecular complexity index is 492. The maximum atomic E-state index is 12.2. The summed E-state index contributed by atoms with van der Waals surface area (Å²) in [5.74, 6) is 0.0811. The number of amides is 1. The molecule has 2 bridgehead atoms. The van der Waals surface area contributed by atoms with Crippen LogP contribution in [0.15, 0.2) is 24.3 Å². The maximum Gasteiger partial charge on any atom is 0.387 e. The number of hydrogen-bond acceptors (Lipinski definition) is 3. The van der Waals surface area contributed by atoms with Gasteiger partial charge in [-0.2, -0.15) is 8.78 Å². The molecule has 2 N–H and O–H groups in total. The van der Waals surface area contributed by atoms with Crippen LogP contribution in [0.25, 0.3) is 0 Å². The van der Waals surface area contributed by atoms with Gasteiger partial charge in [-0.05, 0) is 43.5 Å². The molecular weight excluding hydrogens is 266 g/mol. The van der Waals surface area contributed by atoms with Crippen LogP contribution in [0.1, 0.15) is 19.3 Å². The van der Waals surface area contributed by atoms with Crippen molar-refractivity contribution >= 4 is 11.6 Å². The first-order valence-corrected chi connectivity index (χ1v) is 6.73. The summed E-state index contributed by atoms with van der Waals surface area (Å²) in [5, 5.41) is 6.24. The van der Waals surface area contributed by atoms with Crippen molar-refractivity contribution in [3.05, 3.63) is 24.3 Å². The second-order valence-corrected chi connectivity index (χ2v) is 5.28. The molecule has 0 spiro atoms. The van der Waals surface area contributed by atoms with E-state index in [4.69, 9.17) is 0 Å². The van der Waals surface area contributed by atoms with E-state index in [-0.39, 0.29) is 23.6 Å². The lowest BCUT2D eigenvalue weighted by Gasteiger charge is -2.19. The van der Waals surface area contributed by atoms with Crippen molar-refractivity contribution < 1.29 is 18.3 Å². The highest BCUT2D eigenvalue weighted by atomic mass is 19.3. The standard InChI is InChI=1S/C14H16F2N2O2/c15-14(16)20-10-4-1-8(2-5-10)18-13(19)11-7-9-3-6-12(11)17-9/h1-2,4-5,9,11-12,14,17H,3,6-7H2,(H,18,19). The minimum absolute atomic E-state index is 0.00532. The molecule has 108 valence electrons. The average Bonchev–Trinajstić information content (AvgIpc) is 3.03. The summed E-state index contributed by atoms with van der Waals surface area (Å²) >= 11 is 0. The normalized spacial score (nSPS) is 27.9. The van der Waals surface area contributed by atoms with Crippen LogP contribution in [-0.2, 0) is 4.79 Å². The molecule has 1 amide bonds. The predicted octanol–water partition coefficient (Wildman–Crippen LogP) is 2.37. The van der Waals surface area contributed by atoms with Gasteiger partial charge in [0.1, 0.15) is 5.75 Å². The van der Waals surface area contributed by atoms with E-state index in [1.54, 1.807) is 12.1 Å². The van der Waals surface area contributed by atoms with E-state index in [0.29, 0.717) is 11.7 Å². The molecule has 0 aliphatic carbocycles. The minimum atomic E-state index is -2.84. The Balaban J connectivity index is 1.59. The molecule has 0 aromatic heterocycles. The smallest absolute Gasteiger partial charge is 0.387 e. The fraction of sp³-hybridized carbons (Fsp3) is 0.500. The van der Waals surface area contributed by atoms with Gasteiger partial charge < -0.3 is 15.4 Å². The fourth-order valence-corrected chi connectivity index (χ4v) is 3.07. The summed E-state index contributed by atoms with van der Waals surface area (Å²) in [6.45, 7) is -2.84. The molecule has 2 aliphatic rings. The monoisotopic (exact) mass is 282 g/mol. The van der Waals surface area contributed by atoms with Gasteiger partial charge in [0.2, 0.25) is 5.91 Å². The number of halogens is 2. The van der Waals surface area contributed by atoms with E-state index in [2.05, 4.69) is 15.4 Å². The maximum absolute atomic E-state index is 12.2. The third kappa shape index (κ3) is 2.75. The fourth-order valence-electron chi connectivity index (χ4n) is 3.07. The number of rotatable bonds is 4. The lowest BCUT2D eigenvalue weighted by atomic mass is 9.88. The Morgan fingerprint density at radius 3 is 2.60 bits per heavy atom. The zero-order chi connectivity index (χ0) is 14.1. The van der Waals surface area contributed by atoms with Crippen LogP contribution in [0.2, 0.25) is 0 Å². The molecule has 20 heavy (non-hydrogen) atoms. The number of hydrogen-bond donors (Lipinski definition) is 2. The lowest BCUT2D eigenvalue weighted by Crippen LogP contribution is -2.32. The van der Waals surface area contributed by atoms with Crippen molar-refractivity contribution in [2.75, 3.05) is 5.32 Å². The number of alkyl halides is 2. The summed E-state index contributed by atoms with van der Waals surface area (Å²) in [6.07, 6.45) is 3.07. The Kier molecular flexibility index (Phi) is 3.56. The number of carbonyl (C=O) groups excluding carboxylic acids is 1. The van der Waals surface area contributed by atoms with Crippen molar-refractivity contribution in [3.8, 4) is 5.75 Å². The molecule has 0 saturated carbocycles. The molecule has 1 aromatic rings. The number of benzene rings is 1. The highest BCUT2D eigenvalue weighted by molar-refractivity contribution is 5.93. The van der Waals surface area contributed by atoms with E-state index < -0.39 is 6.61 Å². The Morgan fingerprint density at radius 2 is 2.05 bits per heavy atom. The van der Waals surface area contributed by atoms with Crippen molar-refractivity contribution in [2.45, 2.75) is 38.0 Å². The van der Waals surface area contributed by atoms with Gasteiger partial charge in [0.25, 0.3) is 0 Å². The summed E-state index contributed by atoms with van der Waals surface area (Å²) < 4.78 is 28.3. The summed E-state index contributed by atoms with van der Waals surface area (Å²) in [4.78, 5) is 12.2. The van der Waals surface area contributed by atoms with Gasteiger partial charge >= 0.3 is 6.61 Å². The Labute approximate surface area is 115 Å². The van der Waals surface area contributed by atoms with Gasteiger partial charge in [0.05, 0.1) is 5.92 Å². The molecule has 3 atom stereocenters. The summed E-state index contributed by atoms with van der Waals surface area (Å²) in [5.41, 5.74) is 0.597. The van der Waals surface area contributed by atoms with Crippen molar-refractivity contribution in [1.29, 1.82) is 0 Å². The van der Waals surface area contributed by atoms with E-state index in [1.165, 1.54) is 12.1 Å². The van der Waals surface area contributed by atoms with Crippen LogP contribution in [-0.4, -0.2) is 24.6 Å². The highest BCUT2D eigenvalue weighted by Crippen LogP contribution is 2.34. The Morgan fingerprint density at radius 1 is 1.30 bits per heavy atom. The minimum Gasteiger partial charge on any atom is -0.435 e. The first kappa shape index (κ1) is 13.3. The quantitative estimate of drug-likeness (QED) is 0.891. The predicted molar refractivity (Wildman–Crippen MR) is 69.8 cm³/mol. The van der Waals surface area contributed by atoms with Gasteiger partial charge in [-0.25, -0.2) is 0 Å². The van der Waals surface area contributed by atoms with E-state index >= 15 is 0 Å². The number of nitrogens with one attached hydrogen (secondary N) is 2. The van der Waals surface area contributed by atoms with Crippen molar-refractivity contribution in [2.24, 2.45) is 5.92 Å². The molecule has 6 heteroatoms. The molecule has 4 nitrogen and oxygen atoms in total. The molecule has 2 heterocycles. The Hall–Kier alpha value is -1.69. The summed E-state index contributed by atoms with van der Waals surface area (Å²) in [7, 11) is 0. The van der Waals surface area contributed by atoms with E-state index in [0.717, 1.165) is 19.3 Å². The number of anilines is 1. The third-order valence-corrected chi connectivity index (χ3v) is 3.98.